The Morgan fingerprint density at radius 3 is 2.91 bits per heavy atom. The fraction of sp³-hybridized carbons (Fsp3) is 0.625. The molecule has 0 radical (unpaired) electrons. The van der Waals surface area contributed by atoms with Gasteiger partial charge in [-0.25, -0.2) is 4.39 Å². The lowest BCUT2D eigenvalue weighted by Gasteiger charge is -2.48. The molecule has 6 heteroatoms. The van der Waals surface area contributed by atoms with Crippen molar-refractivity contribution >= 4 is 5.91 Å². The van der Waals surface area contributed by atoms with Gasteiger partial charge in [-0.15, -0.1) is 0 Å². The number of rotatable bonds is 5. The van der Waals surface area contributed by atoms with Crippen LogP contribution in [-0.2, 0) is 16.0 Å². The molecule has 0 saturated carbocycles. The molecule has 2 saturated heterocycles. The van der Waals surface area contributed by atoms with Crippen LogP contribution >= 0.6 is 0 Å². The molecule has 2 aliphatic heterocycles. The molecule has 3 heterocycles. The second-order valence-electron chi connectivity index (χ2n) is 6.41. The number of halogens is 1. The predicted octanol–water partition coefficient (Wildman–Crippen LogP) is 0.944. The molecule has 0 aliphatic carbocycles. The van der Waals surface area contributed by atoms with Crippen molar-refractivity contribution in [1.29, 1.82) is 0 Å². The van der Waals surface area contributed by atoms with Crippen LogP contribution < -0.4 is 0 Å². The molecule has 0 unspecified atom stereocenters. The van der Waals surface area contributed by atoms with Gasteiger partial charge in [0.1, 0.15) is 5.82 Å². The zero-order chi connectivity index (χ0) is 15.6. The maximum absolute atomic E-state index is 12.8. The number of pyridine rings is 1. The monoisotopic (exact) mass is 307 g/mol. The summed E-state index contributed by atoms with van der Waals surface area (Å²) in [4.78, 5) is 20.5. The summed E-state index contributed by atoms with van der Waals surface area (Å²) in [5, 5.41) is 0. The number of carbonyl (C=O) groups is 1. The molecule has 22 heavy (non-hydrogen) atoms. The standard InChI is InChI=1S/C16H22FN3O2/c1-22-7-6-19-5-4-16(10-19)11-20(12-16)15(21)8-14-3-2-13(17)9-18-14/h2-3,9H,4-8,10-12H2,1H3. The van der Waals surface area contributed by atoms with Crippen LogP contribution in [0, 0.1) is 11.2 Å². The van der Waals surface area contributed by atoms with Gasteiger partial charge in [0.25, 0.3) is 0 Å². The summed E-state index contributed by atoms with van der Waals surface area (Å²) in [6, 6.07) is 2.92. The van der Waals surface area contributed by atoms with E-state index in [1.54, 1.807) is 13.2 Å². The largest absolute Gasteiger partial charge is 0.383 e. The van der Waals surface area contributed by atoms with Crippen LogP contribution in [-0.4, -0.2) is 67.1 Å². The molecule has 2 aliphatic rings. The number of carbonyl (C=O) groups excluding carboxylic acids is 1. The highest BCUT2D eigenvalue weighted by Gasteiger charge is 2.48. The topological polar surface area (TPSA) is 45.7 Å². The van der Waals surface area contributed by atoms with Gasteiger partial charge in [0.2, 0.25) is 5.91 Å². The van der Waals surface area contributed by atoms with Crippen LogP contribution in [0.25, 0.3) is 0 Å². The first-order valence-corrected chi connectivity index (χ1v) is 7.70. The van der Waals surface area contributed by atoms with E-state index in [9.17, 15) is 9.18 Å². The van der Waals surface area contributed by atoms with E-state index in [1.807, 2.05) is 4.90 Å². The van der Waals surface area contributed by atoms with Gasteiger partial charge < -0.3 is 14.5 Å². The number of likely N-dealkylation sites (tertiary alicyclic amines) is 2. The first-order chi connectivity index (χ1) is 10.6. The Labute approximate surface area is 130 Å². The van der Waals surface area contributed by atoms with Crippen molar-refractivity contribution in [2.45, 2.75) is 12.8 Å². The minimum absolute atomic E-state index is 0.0834. The molecule has 120 valence electrons. The zero-order valence-corrected chi connectivity index (χ0v) is 12.9. The van der Waals surface area contributed by atoms with E-state index in [-0.39, 0.29) is 23.6 Å². The van der Waals surface area contributed by atoms with Crippen molar-refractivity contribution in [2.75, 3.05) is 46.4 Å². The van der Waals surface area contributed by atoms with E-state index in [0.29, 0.717) is 5.69 Å². The highest BCUT2D eigenvalue weighted by Crippen LogP contribution is 2.39. The summed E-state index contributed by atoms with van der Waals surface area (Å²) in [6.07, 6.45) is 2.56. The lowest BCUT2D eigenvalue weighted by Crippen LogP contribution is -2.59. The Morgan fingerprint density at radius 2 is 2.23 bits per heavy atom. The molecule has 1 spiro atoms. The zero-order valence-electron chi connectivity index (χ0n) is 12.9. The molecule has 0 bridgehead atoms. The quantitative estimate of drug-likeness (QED) is 0.812. The third kappa shape index (κ3) is 3.28. The number of nitrogens with zero attached hydrogens (tertiary/aromatic N) is 3. The van der Waals surface area contributed by atoms with Gasteiger partial charge in [-0.1, -0.05) is 0 Å². The second kappa shape index (κ2) is 6.30. The number of aromatic nitrogens is 1. The number of ether oxygens (including phenoxy) is 1. The Kier molecular flexibility index (Phi) is 4.40. The number of hydrogen-bond donors (Lipinski definition) is 0. The number of hydrogen-bond acceptors (Lipinski definition) is 4. The maximum Gasteiger partial charge on any atom is 0.228 e. The lowest BCUT2D eigenvalue weighted by molar-refractivity contribution is -0.142. The van der Waals surface area contributed by atoms with E-state index in [4.69, 9.17) is 4.74 Å². The summed E-state index contributed by atoms with van der Waals surface area (Å²) in [7, 11) is 1.72. The molecule has 0 aromatic carbocycles. The molecular formula is C16H22FN3O2. The highest BCUT2D eigenvalue weighted by molar-refractivity contribution is 5.79. The predicted molar refractivity (Wildman–Crippen MR) is 79.8 cm³/mol. The van der Waals surface area contributed by atoms with Crippen molar-refractivity contribution in [2.24, 2.45) is 5.41 Å². The van der Waals surface area contributed by atoms with Crippen LogP contribution in [0.15, 0.2) is 18.3 Å². The first kappa shape index (κ1) is 15.4. The van der Waals surface area contributed by atoms with Gasteiger partial charge in [-0.05, 0) is 25.1 Å². The van der Waals surface area contributed by atoms with E-state index in [0.717, 1.165) is 51.9 Å². The van der Waals surface area contributed by atoms with E-state index < -0.39 is 0 Å². The van der Waals surface area contributed by atoms with Gasteiger partial charge in [0.15, 0.2) is 0 Å². The Morgan fingerprint density at radius 1 is 1.41 bits per heavy atom. The van der Waals surface area contributed by atoms with E-state index in [1.165, 1.54) is 6.07 Å². The third-order valence-electron chi connectivity index (χ3n) is 4.66. The minimum Gasteiger partial charge on any atom is -0.383 e. The molecule has 3 rings (SSSR count). The third-order valence-corrected chi connectivity index (χ3v) is 4.66. The average Bonchev–Trinajstić information content (AvgIpc) is 2.90. The lowest BCUT2D eigenvalue weighted by atomic mass is 9.79. The summed E-state index contributed by atoms with van der Waals surface area (Å²) in [5.74, 6) is -0.290. The SMILES string of the molecule is COCCN1CCC2(C1)CN(C(=O)Cc1ccc(F)cn1)C2. The van der Waals surface area contributed by atoms with E-state index in [2.05, 4.69) is 9.88 Å². The van der Waals surface area contributed by atoms with Crippen molar-refractivity contribution in [3.63, 3.8) is 0 Å². The molecular weight excluding hydrogens is 285 g/mol. The molecule has 1 amide bonds. The molecule has 0 atom stereocenters. The summed E-state index contributed by atoms with van der Waals surface area (Å²) >= 11 is 0. The summed E-state index contributed by atoms with van der Waals surface area (Å²) < 4.78 is 17.9. The normalized spacial score (nSPS) is 20.4. The van der Waals surface area contributed by atoms with Gasteiger partial charge in [-0.2, -0.15) is 0 Å². The number of amides is 1. The fourth-order valence-electron chi connectivity index (χ4n) is 3.41. The van der Waals surface area contributed by atoms with Crippen molar-refractivity contribution in [3.8, 4) is 0 Å². The minimum atomic E-state index is -0.374. The van der Waals surface area contributed by atoms with E-state index >= 15 is 0 Å². The van der Waals surface area contributed by atoms with Crippen molar-refractivity contribution < 1.29 is 13.9 Å². The molecule has 1 aromatic rings. The molecule has 1 aromatic heterocycles. The Balaban J connectivity index is 1.47. The Hall–Kier alpha value is -1.53. The molecule has 0 N–H and O–H groups in total. The summed E-state index contributed by atoms with van der Waals surface area (Å²) in [5.41, 5.74) is 0.903. The first-order valence-electron chi connectivity index (χ1n) is 7.70. The molecule has 2 fully saturated rings. The van der Waals surface area contributed by atoms with Crippen LogP contribution in [0.3, 0.4) is 0 Å². The van der Waals surface area contributed by atoms with Gasteiger partial charge in [-0.3, -0.25) is 9.78 Å². The fourth-order valence-corrected chi connectivity index (χ4v) is 3.41. The highest BCUT2D eigenvalue weighted by atomic mass is 19.1. The summed E-state index contributed by atoms with van der Waals surface area (Å²) in [6.45, 7) is 5.52. The molecule has 5 nitrogen and oxygen atoms in total. The van der Waals surface area contributed by atoms with Crippen LogP contribution in [0.1, 0.15) is 12.1 Å². The second-order valence-corrected chi connectivity index (χ2v) is 6.41. The van der Waals surface area contributed by atoms with Crippen LogP contribution in [0.2, 0.25) is 0 Å². The average molecular weight is 307 g/mol. The number of methoxy groups -OCH3 is 1. The smallest absolute Gasteiger partial charge is 0.228 e. The van der Waals surface area contributed by atoms with Crippen LogP contribution in [0.5, 0.6) is 0 Å². The van der Waals surface area contributed by atoms with Crippen molar-refractivity contribution in [1.82, 2.24) is 14.8 Å². The van der Waals surface area contributed by atoms with Crippen molar-refractivity contribution in [3.05, 3.63) is 29.8 Å². The van der Waals surface area contributed by atoms with Gasteiger partial charge >= 0.3 is 0 Å². The Bertz CT molecular complexity index is 529. The maximum atomic E-state index is 12.8. The van der Waals surface area contributed by atoms with Crippen LogP contribution in [0.4, 0.5) is 4.39 Å². The van der Waals surface area contributed by atoms with Gasteiger partial charge in [0.05, 0.1) is 19.2 Å². The van der Waals surface area contributed by atoms with Gasteiger partial charge in [0, 0.05) is 44.4 Å².